The Morgan fingerprint density at radius 2 is 1.53 bits per heavy atom. The molecule has 2 N–H and O–H groups in total. The molecule has 0 bridgehead atoms. The van der Waals surface area contributed by atoms with Crippen LogP contribution >= 0.6 is 42.6 Å². The van der Waals surface area contributed by atoms with E-state index in [1.165, 1.54) is 0 Å². The number of rotatable bonds is 6. The molecule has 1 atom stereocenters. The summed E-state index contributed by atoms with van der Waals surface area (Å²) in [6, 6.07) is 0. The first-order chi connectivity index (χ1) is 7.29. The maximum atomic E-state index is 10.9. The first kappa shape index (κ1) is 18.0. The van der Waals surface area contributed by atoms with Crippen molar-refractivity contribution in [3.8, 4) is 0 Å². The molecule has 104 valence electrons. The fourth-order valence-corrected chi connectivity index (χ4v) is 3.82. The molecule has 8 heteroatoms. The van der Waals surface area contributed by atoms with Crippen LogP contribution in [0.5, 0.6) is 0 Å². The Balaban J connectivity index is 5.22. The number of phosphoric acid groups is 1. The van der Waals surface area contributed by atoms with Gasteiger partial charge in [-0.1, -0.05) is 0 Å². The van der Waals surface area contributed by atoms with Gasteiger partial charge < -0.3 is 9.79 Å². The van der Waals surface area contributed by atoms with Gasteiger partial charge in [-0.3, -0.25) is 4.52 Å². The first-order valence-electron chi connectivity index (χ1n) is 4.97. The van der Waals surface area contributed by atoms with Crippen LogP contribution in [0.3, 0.4) is 0 Å². The van der Waals surface area contributed by atoms with E-state index in [-0.39, 0.29) is 5.88 Å². The average Bonchev–Trinajstić information content (AvgIpc) is 1.94. The molecule has 0 aromatic carbocycles. The second-order valence-corrected chi connectivity index (χ2v) is 8.34. The molecule has 17 heavy (non-hydrogen) atoms. The average molecular weight is 328 g/mol. The van der Waals surface area contributed by atoms with Gasteiger partial charge in [-0.05, 0) is 27.7 Å². The highest BCUT2D eigenvalue weighted by Gasteiger charge is 2.46. The molecule has 0 rings (SSSR count). The Labute approximate surface area is 117 Å². The summed E-state index contributed by atoms with van der Waals surface area (Å²) < 4.78 is 15.6. The van der Waals surface area contributed by atoms with Crippen LogP contribution in [0, 0.1) is 5.92 Å². The Hall–Kier alpha value is 0.980. The summed E-state index contributed by atoms with van der Waals surface area (Å²) in [7, 11) is -4.63. The molecule has 4 nitrogen and oxygen atoms in total. The van der Waals surface area contributed by atoms with E-state index in [1.54, 1.807) is 27.7 Å². The van der Waals surface area contributed by atoms with Gasteiger partial charge in [0.15, 0.2) is 0 Å². The predicted octanol–water partition coefficient (Wildman–Crippen LogP) is 3.35. The van der Waals surface area contributed by atoms with Crippen molar-refractivity contribution < 1.29 is 18.9 Å². The number of phosphoric ester groups is 1. The van der Waals surface area contributed by atoms with E-state index in [0.717, 1.165) is 0 Å². The molecular weight excluding hydrogens is 309 g/mol. The molecule has 0 saturated carbocycles. The van der Waals surface area contributed by atoms with Crippen LogP contribution in [0.15, 0.2) is 0 Å². The van der Waals surface area contributed by atoms with Crippen LogP contribution in [0.25, 0.3) is 0 Å². The minimum absolute atomic E-state index is 0.109. The van der Waals surface area contributed by atoms with Gasteiger partial charge in [-0.2, -0.15) is 0 Å². The molecule has 1 unspecified atom stereocenters. The van der Waals surface area contributed by atoms with E-state index in [1.807, 2.05) is 0 Å². The summed E-state index contributed by atoms with van der Waals surface area (Å²) in [5.74, 6) is -0.648. The Kier molecular flexibility index (Phi) is 6.30. The zero-order valence-electron chi connectivity index (χ0n) is 10.2. The summed E-state index contributed by atoms with van der Waals surface area (Å²) in [5.41, 5.74) is 0. The van der Waals surface area contributed by atoms with Crippen molar-refractivity contribution in [2.75, 3.05) is 5.88 Å². The van der Waals surface area contributed by atoms with Crippen molar-refractivity contribution in [3.63, 3.8) is 0 Å². The molecule has 0 radical (unpaired) electrons. The normalized spacial score (nSPS) is 16.4. The lowest BCUT2D eigenvalue weighted by Crippen LogP contribution is -2.48. The van der Waals surface area contributed by atoms with Gasteiger partial charge in [0.1, 0.15) is 0 Å². The lowest BCUT2D eigenvalue weighted by Gasteiger charge is -2.41. The lowest BCUT2D eigenvalue weighted by atomic mass is 9.80. The van der Waals surface area contributed by atoms with Crippen molar-refractivity contribution >= 4 is 42.6 Å². The second kappa shape index (κ2) is 5.96. The molecule has 0 heterocycles. The Morgan fingerprint density at radius 3 is 1.71 bits per heavy atom. The van der Waals surface area contributed by atoms with Gasteiger partial charge in [0, 0.05) is 21.5 Å². The van der Waals surface area contributed by atoms with Crippen LogP contribution < -0.4 is 0 Å². The predicted molar refractivity (Wildman–Crippen MR) is 71.0 cm³/mol. The molecule has 0 aromatic rings. The van der Waals surface area contributed by atoms with Crippen molar-refractivity contribution in [1.82, 2.24) is 0 Å². The quantitative estimate of drug-likeness (QED) is 0.580. The van der Waals surface area contributed by atoms with Gasteiger partial charge in [0.05, 0.1) is 6.10 Å². The molecule has 0 aliphatic heterocycles. The van der Waals surface area contributed by atoms with Crippen LogP contribution in [-0.4, -0.2) is 31.5 Å². The summed E-state index contributed by atoms with van der Waals surface area (Å²) in [5, 5.41) is 0. The van der Waals surface area contributed by atoms with E-state index in [4.69, 9.17) is 44.6 Å². The molecule has 0 fully saturated rings. The molecule has 0 aliphatic rings. The van der Waals surface area contributed by atoms with Gasteiger partial charge in [0.25, 0.3) is 0 Å². The van der Waals surface area contributed by atoms with Crippen LogP contribution in [0.4, 0.5) is 0 Å². The summed E-state index contributed by atoms with van der Waals surface area (Å²) >= 11 is 18.1. The highest BCUT2D eigenvalue weighted by molar-refractivity contribution is 7.46. The Morgan fingerprint density at radius 1 is 1.18 bits per heavy atom. The van der Waals surface area contributed by atoms with Gasteiger partial charge in [-0.25, -0.2) is 4.57 Å². The highest BCUT2D eigenvalue weighted by atomic mass is 35.5. The third-order valence-corrected chi connectivity index (χ3v) is 3.60. The summed E-state index contributed by atoms with van der Waals surface area (Å²) in [4.78, 5) is 16.0. The standard InChI is InChI=1S/C9H18Cl3O4P/c1-8(2,11)7(9(3,4)12)6(5-10)16-17(13,14)15/h6-7H,5H2,1-4H3,(H2,13,14,15). The minimum Gasteiger partial charge on any atom is -0.303 e. The van der Waals surface area contributed by atoms with E-state index in [9.17, 15) is 4.57 Å². The molecular formula is C9H18Cl3O4P. The fourth-order valence-electron chi connectivity index (χ4n) is 2.05. The van der Waals surface area contributed by atoms with Gasteiger partial charge in [-0.15, -0.1) is 34.8 Å². The Bertz CT molecular complexity index is 278. The number of hydrogen-bond donors (Lipinski definition) is 2. The van der Waals surface area contributed by atoms with E-state index < -0.39 is 29.6 Å². The number of alkyl halides is 3. The largest absolute Gasteiger partial charge is 0.469 e. The summed E-state index contributed by atoms with van der Waals surface area (Å²) in [6.07, 6.45) is -0.933. The van der Waals surface area contributed by atoms with Crippen molar-refractivity contribution in [2.45, 2.75) is 43.5 Å². The van der Waals surface area contributed by atoms with Crippen LogP contribution in [0.2, 0.25) is 0 Å². The monoisotopic (exact) mass is 326 g/mol. The smallest absolute Gasteiger partial charge is 0.303 e. The lowest BCUT2D eigenvalue weighted by molar-refractivity contribution is 0.0746. The molecule has 0 saturated heterocycles. The molecule has 0 aliphatic carbocycles. The number of halogens is 3. The third-order valence-electron chi connectivity index (χ3n) is 2.28. The first-order valence-corrected chi connectivity index (χ1v) is 7.79. The molecule has 0 amide bonds. The second-order valence-electron chi connectivity index (χ2n) is 4.90. The van der Waals surface area contributed by atoms with Gasteiger partial charge >= 0.3 is 7.82 Å². The molecule has 0 aromatic heterocycles. The van der Waals surface area contributed by atoms with Crippen LogP contribution in [-0.2, 0) is 9.09 Å². The van der Waals surface area contributed by atoms with E-state index in [2.05, 4.69) is 4.52 Å². The SMILES string of the molecule is CC(C)(Cl)C(C(CCl)OP(=O)(O)O)C(C)(C)Cl. The van der Waals surface area contributed by atoms with Crippen molar-refractivity contribution in [1.29, 1.82) is 0 Å². The zero-order valence-corrected chi connectivity index (χ0v) is 13.3. The fraction of sp³-hybridized carbons (Fsp3) is 1.00. The zero-order chi connectivity index (χ0) is 14.1. The van der Waals surface area contributed by atoms with Crippen molar-refractivity contribution in [3.05, 3.63) is 0 Å². The summed E-state index contributed by atoms with van der Waals surface area (Å²) in [6.45, 7) is 6.80. The van der Waals surface area contributed by atoms with E-state index in [0.29, 0.717) is 0 Å². The van der Waals surface area contributed by atoms with Gasteiger partial charge in [0.2, 0.25) is 0 Å². The maximum absolute atomic E-state index is 10.9. The van der Waals surface area contributed by atoms with E-state index >= 15 is 0 Å². The van der Waals surface area contributed by atoms with Crippen molar-refractivity contribution in [2.24, 2.45) is 5.92 Å². The highest BCUT2D eigenvalue weighted by Crippen LogP contribution is 2.47. The molecule has 0 spiro atoms. The van der Waals surface area contributed by atoms with Crippen LogP contribution in [0.1, 0.15) is 27.7 Å². The topological polar surface area (TPSA) is 66.8 Å². The minimum atomic E-state index is -4.63. The third kappa shape index (κ3) is 6.63. The number of hydrogen-bond acceptors (Lipinski definition) is 2. The maximum Gasteiger partial charge on any atom is 0.469 e.